The van der Waals surface area contributed by atoms with Crippen LogP contribution in [-0.4, -0.2) is 41.7 Å². The lowest BCUT2D eigenvalue weighted by Crippen LogP contribution is -2.41. The third kappa shape index (κ3) is 4.96. The third-order valence-corrected chi connectivity index (χ3v) is 2.99. The van der Waals surface area contributed by atoms with Gasteiger partial charge in [-0.15, -0.1) is 0 Å². The van der Waals surface area contributed by atoms with Crippen molar-refractivity contribution in [3.05, 3.63) is 28.0 Å². The van der Waals surface area contributed by atoms with E-state index in [2.05, 4.69) is 10.3 Å². The van der Waals surface area contributed by atoms with Crippen molar-refractivity contribution in [2.75, 3.05) is 13.7 Å². The lowest BCUT2D eigenvalue weighted by Gasteiger charge is -2.14. The zero-order valence-electron chi connectivity index (χ0n) is 10.7. The minimum absolute atomic E-state index is 0.0999. The molecular weight excluding hydrogens is 307 g/mol. The fourth-order valence-corrected chi connectivity index (χ4v) is 1.83. The lowest BCUT2D eigenvalue weighted by molar-refractivity contribution is -0.139. The van der Waals surface area contributed by atoms with Gasteiger partial charge in [-0.3, -0.25) is 4.79 Å². The first-order chi connectivity index (χ1) is 9.45. The fraction of sp³-hybridized carbons (Fsp3) is 0.417. The molecule has 1 heterocycles. The number of carbonyl (C=O) groups is 2. The molecule has 0 fully saturated rings. The molecule has 0 aliphatic carbocycles. The lowest BCUT2D eigenvalue weighted by atomic mass is 10.1. The minimum Gasteiger partial charge on any atom is -0.480 e. The van der Waals surface area contributed by atoms with Crippen LogP contribution in [0.5, 0.6) is 0 Å². The Morgan fingerprint density at radius 3 is 2.75 bits per heavy atom. The summed E-state index contributed by atoms with van der Waals surface area (Å²) in [4.78, 5) is 26.8. The van der Waals surface area contributed by atoms with Crippen molar-refractivity contribution < 1.29 is 19.4 Å². The number of aliphatic carboxylic acids is 1. The molecule has 0 radical (unpaired) electrons. The maximum Gasteiger partial charge on any atom is 0.326 e. The summed E-state index contributed by atoms with van der Waals surface area (Å²) in [5.74, 6) is -1.81. The van der Waals surface area contributed by atoms with Crippen molar-refractivity contribution in [1.29, 1.82) is 0 Å². The molecule has 0 spiro atoms. The number of nitrogens with one attached hydrogen (secondary N) is 1. The number of rotatable bonds is 7. The Morgan fingerprint density at radius 1 is 1.45 bits per heavy atom. The molecule has 8 heteroatoms. The summed E-state index contributed by atoms with van der Waals surface area (Å²) in [7, 11) is 1.52. The quantitative estimate of drug-likeness (QED) is 0.592. The van der Waals surface area contributed by atoms with Crippen LogP contribution in [0, 0.1) is 0 Å². The van der Waals surface area contributed by atoms with E-state index in [0.29, 0.717) is 13.0 Å². The summed E-state index contributed by atoms with van der Waals surface area (Å²) in [6.07, 6.45) is 0.748. The monoisotopic (exact) mass is 320 g/mol. The molecule has 1 amide bonds. The molecule has 0 bridgehead atoms. The van der Waals surface area contributed by atoms with Crippen LogP contribution in [-0.2, 0) is 9.53 Å². The predicted octanol–water partition coefficient (Wildman–Crippen LogP) is 2.00. The van der Waals surface area contributed by atoms with E-state index in [1.807, 2.05) is 0 Å². The van der Waals surface area contributed by atoms with Gasteiger partial charge in [0.25, 0.3) is 5.91 Å². The zero-order chi connectivity index (χ0) is 15.1. The van der Waals surface area contributed by atoms with Crippen molar-refractivity contribution in [1.82, 2.24) is 10.3 Å². The van der Waals surface area contributed by atoms with Gasteiger partial charge in [0.05, 0.1) is 5.02 Å². The number of carboxylic acids is 1. The molecule has 1 rings (SSSR count). The van der Waals surface area contributed by atoms with Gasteiger partial charge in [-0.25, -0.2) is 9.78 Å². The second kappa shape index (κ2) is 8.04. The van der Waals surface area contributed by atoms with Gasteiger partial charge in [-0.1, -0.05) is 23.2 Å². The number of amides is 1. The van der Waals surface area contributed by atoms with Crippen LogP contribution < -0.4 is 5.32 Å². The number of halogens is 2. The van der Waals surface area contributed by atoms with Crippen molar-refractivity contribution in [2.24, 2.45) is 0 Å². The Balaban J connectivity index is 2.75. The zero-order valence-corrected chi connectivity index (χ0v) is 12.2. The summed E-state index contributed by atoms with van der Waals surface area (Å²) in [6.45, 7) is 0.413. The standard InChI is InChI=1S/C12H14Cl2N2O4/c1-20-6-2-3-8(12(18)19)15-11(17)10-7(13)4-5-9(14)16-10/h4-5,8H,2-3,6H2,1H3,(H,15,17)(H,18,19). The summed E-state index contributed by atoms with van der Waals surface area (Å²) < 4.78 is 4.84. The first-order valence-corrected chi connectivity index (χ1v) is 6.56. The highest BCUT2D eigenvalue weighted by Crippen LogP contribution is 2.17. The molecule has 0 aliphatic rings. The molecule has 20 heavy (non-hydrogen) atoms. The second-order valence-electron chi connectivity index (χ2n) is 3.96. The van der Waals surface area contributed by atoms with Crippen LogP contribution in [0.3, 0.4) is 0 Å². The first-order valence-electron chi connectivity index (χ1n) is 5.80. The molecule has 1 aromatic heterocycles. The Morgan fingerprint density at radius 2 is 2.15 bits per heavy atom. The molecule has 1 aromatic rings. The van der Waals surface area contributed by atoms with E-state index in [9.17, 15) is 9.59 Å². The van der Waals surface area contributed by atoms with Crippen LogP contribution in [0.4, 0.5) is 0 Å². The van der Waals surface area contributed by atoms with Gasteiger partial charge in [0, 0.05) is 13.7 Å². The highest BCUT2D eigenvalue weighted by Gasteiger charge is 2.22. The van der Waals surface area contributed by atoms with Crippen LogP contribution in [0.1, 0.15) is 23.3 Å². The first kappa shape index (κ1) is 16.7. The highest BCUT2D eigenvalue weighted by atomic mass is 35.5. The van der Waals surface area contributed by atoms with E-state index in [0.717, 1.165) is 0 Å². The van der Waals surface area contributed by atoms with Crippen molar-refractivity contribution in [3.8, 4) is 0 Å². The number of ether oxygens (including phenoxy) is 1. The highest BCUT2D eigenvalue weighted by molar-refractivity contribution is 6.34. The maximum absolute atomic E-state index is 12.0. The Kier molecular flexibility index (Phi) is 6.70. The third-order valence-electron chi connectivity index (χ3n) is 2.47. The number of aromatic nitrogens is 1. The van der Waals surface area contributed by atoms with Gasteiger partial charge in [-0.05, 0) is 25.0 Å². The molecule has 0 aliphatic heterocycles. The molecule has 0 saturated carbocycles. The minimum atomic E-state index is -1.13. The van der Waals surface area contributed by atoms with Crippen LogP contribution in [0.2, 0.25) is 10.2 Å². The average Bonchev–Trinajstić information content (AvgIpc) is 2.40. The van der Waals surface area contributed by atoms with Gasteiger partial charge in [0.2, 0.25) is 0 Å². The number of hydrogen-bond donors (Lipinski definition) is 2. The predicted molar refractivity (Wildman–Crippen MR) is 74.3 cm³/mol. The summed E-state index contributed by atoms with van der Waals surface area (Å²) >= 11 is 11.5. The fourth-order valence-electron chi connectivity index (χ4n) is 1.49. The molecule has 0 saturated heterocycles. The topological polar surface area (TPSA) is 88.5 Å². The second-order valence-corrected chi connectivity index (χ2v) is 4.76. The SMILES string of the molecule is COCCCC(NC(=O)c1nc(Cl)ccc1Cl)C(=O)O. The number of nitrogens with zero attached hydrogens (tertiary/aromatic N) is 1. The summed E-state index contributed by atoms with van der Waals surface area (Å²) in [6, 6.07) is 1.83. The van der Waals surface area contributed by atoms with Gasteiger partial charge in [0.1, 0.15) is 16.9 Å². The largest absolute Gasteiger partial charge is 0.480 e. The van der Waals surface area contributed by atoms with E-state index in [1.165, 1.54) is 19.2 Å². The molecule has 0 aromatic carbocycles. The Bertz CT molecular complexity index is 496. The summed E-state index contributed by atoms with van der Waals surface area (Å²) in [5.41, 5.74) is -0.0999. The van der Waals surface area contributed by atoms with Gasteiger partial charge in [-0.2, -0.15) is 0 Å². The van der Waals surface area contributed by atoms with Gasteiger partial charge in [0.15, 0.2) is 0 Å². The van der Waals surface area contributed by atoms with E-state index >= 15 is 0 Å². The molecule has 2 N–H and O–H groups in total. The average molecular weight is 321 g/mol. The molecule has 1 atom stereocenters. The van der Waals surface area contributed by atoms with Crippen LogP contribution in [0.25, 0.3) is 0 Å². The Hall–Kier alpha value is -1.37. The number of methoxy groups -OCH3 is 1. The van der Waals surface area contributed by atoms with Crippen LogP contribution in [0.15, 0.2) is 12.1 Å². The van der Waals surface area contributed by atoms with E-state index in [1.54, 1.807) is 0 Å². The van der Waals surface area contributed by atoms with Crippen molar-refractivity contribution in [2.45, 2.75) is 18.9 Å². The van der Waals surface area contributed by atoms with Gasteiger partial charge < -0.3 is 15.2 Å². The Labute approximate surface area is 126 Å². The smallest absolute Gasteiger partial charge is 0.326 e. The van der Waals surface area contributed by atoms with Crippen molar-refractivity contribution >= 4 is 35.1 Å². The van der Waals surface area contributed by atoms with E-state index in [-0.39, 0.29) is 22.3 Å². The van der Waals surface area contributed by atoms with Gasteiger partial charge >= 0.3 is 5.97 Å². The number of pyridine rings is 1. The molecular formula is C12H14Cl2N2O4. The van der Waals surface area contributed by atoms with E-state index < -0.39 is 17.9 Å². The number of carbonyl (C=O) groups excluding carboxylic acids is 1. The summed E-state index contributed by atoms with van der Waals surface area (Å²) in [5, 5.41) is 11.6. The normalized spacial score (nSPS) is 11.9. The van der Waals surface area contributed by atoms with Crippen molar-refractivity contribution in [3.63, 3.8) is 0 Å². The van der Waals surface area contributed by atoms with E-state index in [4.69, 9.17) is 33.0 Å². The maximum atomic E-state index is 12.0. The van der Waals surface area contributed by atoms with Crippen LogP contribution >= 0.6 is 23.2 Å². The molecule has 1 unspecified atom stereocenters. The molecule has 110 valence electrons. The number of carboxylic acid groups (broad SMARTS) is 1. The number of hydrogen-bond acceptors (Lipinski definition) is 4. The molecule has 6 nitrogen and oxygen atoms in total.